The highest BCUT2D eigenvalue weighted by molar-refractivity contribution is 7.80. The van der Waals surface area contributed by atoms with Crippen LogP contribution in [0, 0.1) is 5.41 Å². The summed E-state index contributed by atoms with van der Waals surface area (Å²) in [6.45, 7) is 9.41. The van der Waals surface area contributed by atoms with E-state index < -0.39 is 0 Å². The van der Waals surface area contributed by atoms with Gasteiger partial charge in [0.15, 0.2) is 0 Å². The van der Waals surface area contributed by atoms with Gasteiger partial charge >= 0.3 is 0 Å². The molecule has 0 fully saturated rings. The number of hydrogen-bond acceptors (Lipinski definition) is 3. The van der Waals surface area contributed by atoms with Crippen molar-refractivity contribution in [2.75, 3.05) is 6.54 Å². The van der Waals surface area contributed by atoms with Gasteiger partial charge < -0.3 is 11.1 Å². The average Bonchev–Trinajstić information content (AvgIpc) is 2.58. The van der Waals surface area contributed by atoms with Crippen LogP contribution >= 0.6 is 12.6 Å². The first-order chi connectivity index (χ1) is 11.1. The van der Waals surface area contributed by atoms with Crippen LogP contribution in [0.3, 0.4) is 0 Å². The monoisotopic (exact) mass is 328 g/mol. The summed E-state index contributed by atoms with van der Waals surface area (Å²) in [7, 11) is 0. The fraction of sp³-hybridized carbons (Fsp3) is 0.250. The zero-order valence-corrected chi connectivity index (χ0v) is 15.2. The Morgan fingerprint density at radius 1 is 1.00 bits per heavy atom. The van der Waals surface area contributed by atoms with Crippen molar-refractivity contribution in [3.05, 3.63) is 65.7 Å². The minimum absolute atomic E-state index is 0.669. The quantitative estimate of drug-likeness (QED) is 0.395. The predicted molar refractivity (Wildman–Crippen MR) is 107 cm³/mol. The highest BCUT2D eigenvalue weighted by atomic mass is 32.1. The van der Waals surface area contributed by atoms with E-state index in [0.29, 0.717) is 6.54 Å². The number of rotatable bonds is 3. The van der Waals surface area contributed by atoms with Gasteiger partial charge in [0.25, 0.3) is 0 Å². The van der Waals surface area contributed by atoms with E-state index in [0.717, 1.165) is 11.3 Å². The van der Waals surface area contributed by atoms with Gasteiger partial charge in [0.2, 0.25) is 0 Å². The maximum Gasteiger partial charge on any atom is 0.0109 e. The number of thiol groups is 1. The number of hydrogen-bond donors (Lipinski definition) is 3. The largest absolute Gasteiger partial charge is 0.327 e. The molecule has 0 radical (unpaired) electrons. The van der Waals surface area contributed by atoms with E-state index in [1.165, 1.54) is 22.3 Å². The molecule has 0 atom stereocenters. The van der Waals surface area contributed by atoms with Crippen molar-refractivity contribution in [2.45, 2.75) is 32.1 Å². The molecule has 0 bridgehead atoms. The minimum atomic E-state index is 0.669. The van der Waals surface area contributed by atoms with Gasteiger partial charge in [0.05, 0.1) is 0 Å². The molecule has 0 aliphatic carbocycles. The zero-order valence-electron chi connectivity index (χ0n) is 14.3. The Morgan fingerprint density at radius 3 is 1.74 bits per heavy atom. The summed E-state index contributed by atoms with van der Waals surface area (Å²) in [5.74, 6) is 0. The third kappa shape index (κ3) is 9.01. The first-order valence-corrected chi connectivity index (χ1v) is 8.08. The fourth-order valence-corrected chi connectivity index (χ4v) is 1.97. The standard InChI is InChI=1S/C14H14S.C5H11N.CH3N/c1-2-11-3-5-12(6-4-11)13-7-9-14(15)10-8-13;1-5(2)3-4-6;1-2/h3-10,15H,2H2,1H3;3H,4,6H2,1-2H3;2H,1H2. The molecular formula is C20H28N2S. The molecule has 2 aromatic carbocycles. The van der Waals surface area contributed by atoms with Crippen LogP contribution in [-0.4, -0.2) is 13.3 Å². The van der Waals surface area contributed by atoms with Gasteiger partial charge in [-0.3, -0.25) is 0 Å². The Bertz CT molecular complexity index is 568. The number of nitrogens with two attached hydrogens (primary N) is 1. The van der Waals surface area contributed by atoms with E-state index >= 15 is 0 Å². The van der Waals surface area contributed by atoms with Crippen molar-refractivity contribution in [3.63, 3.8) is 0 Å². The van der Waals surface area contributed by atoms with Crippen molar-refractivity contribution in [2.24, 2.45) is 5.73 Å². The molecule has 2 rings (SSSR count). The van der Waals surface area contributed by atoms with Crippen molar-refractivity contribution >= 4 is 19.3 Å². The maximum atomic E-state index is 5.50. The molecule has 2 aromatic rings. The topological polar surface area (TPSA) is 49.9 Å². The summed E-state index contributed by atoms with van der Waals surface area (Å²) in [4.78, 5) is 1.00. The van der Waals surface area contributed by atoms with Crippen LogP contribution in [-0.2, 0) is 6.42 Å². The summed E-state index contributed by atoms with van der Waals surface area (Å²) in [6.07, 6.45) is 3.08. The summed E-state index contributed by atoms with van der Waals surface area (Å²) in [6, 6.07) is 17.0. The molecule has 3 N–H and O–H groups in total. The van der Waals surface area contributed by atoms with Crippen molar-refractivity contribution in [3.8, 4) is 11.1 Å². The first-order valence-electron chi connectivity index (χ1n) is 7.64. The summed E-state index contributed by atoms with van der Waals surface area (Å²) in [5, 5.41) is 5.50. The van der Waals surface area contributed by atoms with Gasteiger partial charge in [-0.2, -0.15) is 0 Å². The molecule has 3 heteroatoms. The second kappa shape index (κ2) is 12.7. The Kier molecular flexibility index (Phi) is 11.7. The molecule has 0 heterocycles. The fourth-order valence-electron chi connectivity index (χ4n) is 1.82. The molecule has 0 unspecified atom stereocenters. The van der Waals surface area contributed by atoms with Gasteiger partial charge in [-0.05, 0) is 55.8 Å². The van der Waals surface area contributed by atoms with Gasteiger partial charge in [0, 0.05) is 11.4 Å². The molecule has 23 heavy (non-hydrogen) atoms. The molecule has 0 aliphatic rings. The van der Waals surface area contributed by atoms with Crippen LogP contribution < -0.4 is 5.73 Å². The Hall–Kier alpha value is -1.84. The minimum Gasteiger partial charge on any atom is -0.327 e. The van der Waals surface area contributed by atoms with Crippen LogP contribution in [0.25, 0.3) is 11.1 Å². The molecule has 0 saturated heterocycles. The highest BCUT2D eigenvalue weighted by Gasteiger charge is 1.96. The third-order valence-electron chi connectivity index (χ3n) is 3.09. The molecule has 124 valence electrons. The van der Waals surface area contributed by atoms with Crippen molar-refractivity contribution in [1.29, 1.82) is 5.41 Å². The van der Waals surface area contributed by atoms with E-state index in [2.05, 4.69) is 62.7 Å². The predicted octanol–water partition coefficient (Wildman–Crippen LogP) is 5.38. The molecule has 0 amide bonds. The second-order valence-electron chi connectivity index (χ2n) is 5.11. The van der Waals surface area contributed by atoms with Crippen LogP contribution in [0.5, 0.6) is 0 Å². The summed E-state index contributed by atoms with van der Waals surface area (Å²) < 4.78 is 0. The Labute approximate surface area is 146 Å². The van der Waals surface area contributed by atoms with Crippen LogP contribution in [0.4, 0.5) is 0 Å². The van der Waals surface area contributed by atoms with Gasteiger partial charge in [-0.15, -0.1) is 12.6 Å². The SMILES string of the molecule is C=N.CC(C)=CCN.CCc1ccc(-c2ccc(S)cc2)cc1. The molecule has 0 aliphatic heterocycles. The second-order valence-corrected chi connectivity index (χ2v) is 5.63. The van der Waals surface area contributed by atoms with Gasteiger partial charge in [-0.1, -0.05) is 55.0 Å². The highest BCUT2D eigenvalue weighted by Crippen LogP contribution is 2.21. The van der Waals surface area contributed by atoms with Crippen molar-refractivity contribution < 1.29 is 0 Å². The van der Waals surface area contributed by atoms with Crippen LogP contribution in [0.2, 0.25) is 0 Å². The lowest BCUT2D eigenvalue weighted by Crippen LogP contribution is -1.92. The van der Waals surface area contributed by atoms with Gasteiger partial charge in [0.1, 0.15) is 0 Å². The Morgan fingerprint density at radius 2 is 1.43 bits per heavy atom. The number of nitrogens with one attached hydrogen (secondary N) is 1. The van der Waals surface area contributed by atoms with Crippen LogP contribution in [0.15, 0.2) is 65.1 Å². The molecule has 0 spiro atoms. The van der Waals surface area contributed by atoms with E-state index in [9.17, 15) is 0 Å². The lowest BCUT2D eigenvalue weighted by atomic mass is 10.0. The van der Waals surface area contributed by atoms with Gasteiger partial charge in [-0.25, -0.2) is 0 Å². The zero-order chi connectivity index (χ0) is 17.7. The van der Waals surface area contributed by atoms with E-state index in [1.54, 1.807) is 0 Å². The maximum absolute atomic E-state index is 5.50. The van der Waals surface area contributed by atoms with Crippen LogP contribution in [0.1, 0.15) is 26.3 Å². The number of allylic oxidation sites excluding steroid dienone is 1. The van der Waals surface area contributed by atoms with E-state index in [1.807, 2.05) is 32.1 Å². The molecule has 0 saturated carbocycles. The summed E-state index contributed by atoms with van der Waals surface area (Å²) in [5.41, 5.74) is 10.3. The first kappa shape index (κ1) is 21.2. The van der Waals surface area contributed by atoms with E-state index in [4.69, 9.17) is 11.1 Å². The van der Waals surface area contributed by atoms with Crippen molar-refractivity contribution in [1.82, 2.24) is 0 Å². The molecule has 0 aromatic heterocycles. The average molecular weight is 329 g/mol. The smallest absolute Gasteiger partial charge is 0.0109 e. The normalized spacial score (nSPS) is 8.91. The lowest BCUT2D eigenvalue weighted by molar-refractivity contribution is 1.14. The van der Waals surface area contributed by atoms with E-state index in [-0.39, 0.29) is 0 Å². The third-order valence-corrected chi connectivity index (χ3v) is 3.39. The number of aryl methyl sites for hydroxylation is 1. The summed E-state index contributed by atoms with van der Waals surface area (Å²) >= 11 is 4.28. The molecular weight excluding hydrogens is 300 g/mol. The molecule has 2 nitrogen and oxygen atoms in total. The number of benzene rings is 2. The Balaban J connectivity index is 0.000000515. The lowest BCUT2D eigenvalue weighted by Gasteiger charge is -2.03.